The number of nitrogens with zero attached hydrogens (tertiary/aromatic N) is 1. The van der Waals surface area contributed by atoms with Gasteiger partial charge in [-0.1, -0.05) is 0 Å². The minimum Gasteiger partial charge on any atom is -0.348 e. The fourth-order valence-corrected chi connectivity index (χ4v) is 5.74. The molecule has 3 fully saturated rings. The molecule has 0 aromatic carbocycles. The molecule has 0 spiro atoms. The van der Waals surface area contributed by atoms with Gasteiger partial charge in [-0.3, -0.25) is 9.59 Å². The molecule has 2 saturated carbocycles. The van der Waals surface area contributed by atoms with Crippen LogP contribution in [0.25, 0.3) is 0 Å². The quantitative estimate of drug-likeness (QED) is 0.866. The van der Waals surface area contributed by atoms with E-state index in [1.54, 1.807) is 0 Å². The maximum atomic E-state index is 12.9. The lowest BCUT2D eigenvalue weighted by Crippen LogP contribution is -2.51. The third-order valence-corrected chi connectivity index (χ3v) is 7.37. The van der Waals surface area contributed by atoms with Crippen LogP contribution < -0.4 is 11.1 Å². The molecule has 2 bridgehead atoms. The number of nitrogens with two attached hydrogens (primary N) is 1. The fourth-order valence-electron chi connectivity index (χ4n) is 4.97. The van der Waals surface area contributed by atoms with Crippen LogP contribution in [-0.2, 0) is 4.79 Å². The Bertz CT molecular complexity index is 663. The van der Waals surface area contributed by atoms with E-state index in [-0.39, 0.29) is 29.8 Å². The molecule has 2 heterocycles. The average molecular weight is 362 g/mol. The van der Waals surface area contributed by atoms with Gasteiger partial charge in [-0.2, -0.15) is 0 Å². The molecule has 1 aliphatic heterocycles. The highest BCUT2D eigenvalue weighted by molar-refractivity contribution is 7.13. The molecule has 3 aliphatic rings. The highest BCUT2D eigenvalue weighted by Gasteiger charge is 2.50. The molecule has 1 aromatic heterocycles. The normalized spacial score (nSPS) is 32.2. The predicted octanol–water partition coefficient (Wildman–Crippen LogP) is 2.15. The van der Waals surface area contributed by atoms with Crippen LogP contribution in [0.15, 0.2) is 12.1 Å². The van der Waals surface area contributed by atoms with Gasteiger partial charge in [0.15, 0.2) is 0 Å². The number of amides is 2. The van der Waals surface area contributed by atoms with Crippen molar-refractivity contribution in [2.75, 3.05) is 13.1 Å². The zero-order valence-electron chi connectivity index (χ0n) is 14.7. The van der Waals surface area contributed by atoms with Gasteiger partial charge in [0.2, 0.25) is 5.91 Å². The third-order valence-electron chi connectivity index (χ3n) is 6.37. The van der Waals surface area contributed by atoms with E-state index in [1.807, 2.05) is 24.0 Å². The molecule has 136 valence electrons. The zero-order valence-corrected chi connectivity index (χ0v) is 15.6. The van der Waals surface area contributed by atoms with E-state index in [4.69, 9.17) is 5.73 Å². The molecule has 5 nitrogen and oxygen atoms in total. The smallest absolute Gasteiger partial charge is 0.261 e. The molecular weight excluding hydrogens is 334 g/mol. The van der Waals surface area contributed by atoms with Crippen LogP contribution in [-0.4, -0.2) is 41.9 Å². The molecule has 1 saturated heterocycles. The maximum absolute atomic E-state index is 12.9. The Hall–Kier alpha value is -1.40. The van der Waals surface area contributed by atoms with Crippen molar-refractivity contribution in [1.29, 1.82) is 0 Å². The fraction of sp³-hybridized carbons (Fsp3) is 0.684. The van der Waals surface area contributed by atoms with Crippen LogP contribution in [0.3, 0.4) is 0 Å². The first kappa shape index (κ1) is 17.0. The Balaban J connectivity index is 1.29. The molecule has 4 unspecified atom stereocenters. The van der Waals surface area contributed by atoms with E-state index in [1.165, 1.54) is 24.2 Å². The summed E-state index contributed by atoms with van der Waals surface area (Å²) < 4.78 is 0. The van der Waals surface area contributed by atoms with Crippen LogP contribution in [0.2, 0.25) is 0 Å². The second-order valence-corrected chi connectivity index (χ2v) is 9.21. The summed E-state index contributed by atoms with van der Waals surface area (Å²) in [5.41, 5.74) is 6.33. The lowest BCUT2D eigenvalue weighted by Gasteiger charge is -2.37. The van der Waals surface area contributed by atoms with Crippen molar-refractivity contribution in [3.05, 3.63) is 21.9 Å². The minimum atomic E-state index is 0.0120. The van der Waals surface area contributed by atoms with Gasteiger partial charge in [-0.25, -0.2) is 0 Å². The van der Waals surface area contributed by atoms with Gasteiger partial charge in [-0.15, -0.1) is 11.3 Å². The number of aryl methyl sites for hydroxylation is 1. The molecule has 2 aliphatic carbocycles. The van der Waals surface area contributed by atoms with Crippen molar-refractivity contribution in [1.82, 2.24) is 10.2 Å². The number of thiophene rings is 1. The first-order valence-corrected chi connectivity index (χ1v) is 10.3. The van der Waals surface area contributed by atoms with Crippen molar-refractivity contribution in [3.8, 4) is 0 Å². The standard InChI is InChI=1S/C19H27N3O2S/c1-11-2-5-15(25-11)18(23)21-14-6-8-22(9-7-14)19(24)16-12-3-4-13(10-12)17(16)20/h2,5,12-14,16-17H,3-4,6-10,20H2,1H3,(H,21,23). The van der Waals surface area contributed by atoms with Crippen LogP contribution in [0.5, 0.6) is 0 Å². The summed E-state index contributed by atoms with van der Waals surface area (Å²) in [4.78, 5) is 29.1. The van der Waals surface area contributed by atoms with Crippen molar-refractivity contribution in [2.24, 2.45) is 23.5 Å². The molecule has 6 heteroatoms. The number of fused-ring (bicyclic) bond motifs is 2. The van der Waals surface area contributed by atoms with E-state index >= 15 is 0 Å². The predicted molar refractivity (Wildman–Crippen MR) is 98.4 cm³/mol. The number of hydrogen-bond acceptors (Lipinski definition) is 4. The van der Waals surface area contributed by atoms with Crippen molar-refractivity contribution in [3.63, 3.8) is 0 Å². The van der Waals surface area contributed by atoms with Crippen LogP contribution >= 0.6 is 11.3 Å². The van der Waals surface area contributed by atoms with Crippen molar-refractivity contribution in [2.45, 2.75) is 51.1 Å². The molecule has 4 rings (SSSR count). The molecule has 3 N–H and O–H groups in total. The van der Waals surface area contributed by atoms with Gasteiger partial charge in [-0.05, 0) is 63.0 Å². The first-order valence-electron chi connectivity index (χ1n) is 9.44. The van der Waals surface area contributed by atoms with E-state index < -0.39 is 0 Å². The minimum absolute atomic E-state index is 0.0120. The van der Waals surface area contributed by atoms with E-state index in [9.17, 15) is 9.59 Å². The molecule has 1 aromatic rings. The van der Waals surface area contributed by atoms with E-state index in [0.717, 1.165) is 42.1 Å². The summed E-state index contributed by atoms with van der Waals surface area (Å²) >= 11 is 1.52. The maximum Gasteiger partial charge on any atom is 0.261 e. The molecule has 4 atom stereocenters. The van der Waals surface area contributed by atoms with Gasteiger partial charge in [0.1, 0.15) is 0 Å². The van der Waals surface area contributed by atoms with E-state index in [0.29, 0.717) is 11.8 Å². The summed E-state index contributed by atoms with van der Waals surface area (Å²) in [5.74, 6) is 1.38. The summed E-state index contributed by atoms with van der Waals surface area (Å²) in [6.07, 6.45) is 5.17. The molecule has 2 amide bonds. The highest BCUT2D eigenvalue weighted by atomic mass is 32.1. The molecule has 25 heavy (non-hydrogen) atoms. The highest BCUT2D eigenvalue weighted by Crippen LogP contribution is 2.48. The Morgan fingerprint density at radius 3 is 2.48 bits per heavy atom. The van der Waals surface area contributed by atoms with Gasteiger partial charge in [0.25, 0.3) is 5.91 Å². The Morgan fingerprint density at radius 1 is 1.16 bits per heavy atom. The summed E-state index contributed by atoms with van der Waals surface area (Å²) in [5, 5.41) is 3.12. The van der Waals surface area contributed by atoms with Gasteiger partial charge in [0, 0.05) is 30.1 Å². The first-order chi connectivity index (χ1) is 12.0. The molecule has 0 radical (unpaired) electrons. The van der Waals surface area contributed by atoms with Crippen molar-refractivity contribution >= 4 is 23.2 Å². The Labute approximate surface area is 153 Å². The topological polar surface area (TPSA) is 75.4 Å². The summed E-state index contributed by atoms with van der Waals surface area (Å²) in [6.45, 7) is 3.47. The number of likely N-dealkylation sites (tertiary alicyclic amines) is 1. The largest absolute Gasteiger partial charge is 0.348 e. The number of piperidine rings is 1. The number of rotatable bonds is 3. The number of carbonyl (C=O) groups excluding carboxylic acids is 2. The lowest BCUT2D eigenvalue weighted by molar-refractivity contribution is -0.138. The molecular formula is C19H27N3O2S. The van der Waals surface area contributed by atoms with Gasteiger partial charge >= 0.3 is 0 Å². The lowest BCUT2D eigenvalue weighted by atomic mass is 9.83. The Morgan fingerprint density at radius 2 is 1.88 bits per heavy atom. The van der Waals surface area contributed by atoms with Crippen LogP contribution in [0, 0.1) is 24.7 Å². The third kappa shape index (κ3) is 3.22. The number of hydrogen-bond donors (Lipinski definition) is 2. The monoisotopic (exact) mass is 361 g/mol. The second-order valence-electron chi connectivity index (χ2n) is 7.92. The number of nitrogens with one attached hydrogen (secondary N) is 1. The SMILES string of the molecule is Cc1ccc(C(=O)NC2CCN(C(=O)C3C4CCC(C4)C3N)CC2)s1. The van der Waals surface area contributed by atoms with Gasteiger partial charge < -0.3 is 16.0 Å². The second kappa shape index (κ2) is 6.72. The van der Waals surface area contributed by atoms with Gasteiger partial charge in [0.05, 0.1) is 10.8 Å². The van der Waals surface area contributed by atoms with Crippen molar-refractivity contribution < 1.29 is 9.59 Å². The van der Waals surface area contributed by atoms with E-state index in [2.05, 4.69) is 5.32 Å². The Kier molecular flexibility index (Phi) is 4.58. The summed E-state index contributed by atoms with van der Waals surface area (Å²) in [7, 11) is 0. The summed E-state index contributed by atoms with van der Waals surface area (Å²) in [6, 6.07) is 4.07. The zero-order chi connectivity index (χ0) is 17.6. The average Bonchev–Trinajstić information content (AvgIpc) is 3.31. The number of carbonyl (C=O) groups is 2. The van der Waals surface area contributed by atoms with Crippen LogP contribution in [0.4, 0.5) is 0 Å². The van der Waals surface area contributed by atoms with Crippen LogP contribution in [0.1, 0.15) is 46.7 Å².